The van der Waals surface area contributed by atoms with Gasteiger partial charge in [0.1, 0.15) is 6.54 Å². The number of hydrogen-bond donors (Lipinski definition) is 2. The van der Waals surface area contributed by atoms with Crippen molar-refractivity contribution in [1.29, 1.82) is 0 Å². The van der Waals surface area contributed by atoms with Crippen molar-refractivity contribution in [1.82, 2.24) is 20.3 Å². The molecule has 7 nitrogen and oxygen atoms in total. The Kier molecular flexibility index (Phi) is 4.27. The fourth-order valence-electron chi connectivity index (χ4n) is 1.32. The lowest BCUT2D eigenvalue weighted by Crippen LogP contribution is -2.22. The highest BCUT2D eigenvalue weighted by atomic mass is 79.9. The number of nitrogens with one attached hydrogen (secondary N) is 1. The van der Waals surface area contributed by atoms with Crippen LogP contribution in [0, 0.1) is 0 Å². The molecule has 0 unspecified atom stereocenters. The monoisotopic (exact) mass is 344 g/mol. The first-order valence-electron chi connectivity index (χ1n) is 5.17. The first-order chi connectivity index (χ1) is 9.04. The number of halogens is 1. The Hall–Kier alpha value is -1.74. The van der Waals surface area contributed by atoms with Crippen LogP contribution < -0.4 is 5.32 Å². The highest BCUT2D eigenvalue weighted by Crippen LogP contribution is 2.19. The number of thiophene rings is 1. The molecule has 0 aliphatic rings. The predicted octanol–water partition coefficient (Wildman–Crippen LogP) is 1.12. The van der Waals surface area contributed by atoms with Gasteiger partial charge in [0.15, 0.2) is 5.69 Å². The minimum atomic E-state index is -1.04. The zero-order valence-corrected chi connectivity index (χ0v) is 11.9. The number of hydrogen-bond acceptors (Lipinski definition) is 5. The number of aromatic nitrogens is 3. The molecule has 2 aromatic rings. The number of aliphatic carboxylic acids is 1. The maximum atomic E-state index is 11.7. The van der Waals surface area contributed by atoms with Gasteiger partial charge in [-0.3, -0.25) is 9.59 Å². The van der Waals surface area contributed by atoms with Gasteiger partial charge in [0.25, 0.3) is 5.91 Å². The van der Waals surface area contributed by atoms with E-state index in [1.165, 1.54) is 17.5 Å². The summed E-state index contributed by atoms with van der Waals surface area (Å²) >= 11 is 4.85. The lowest BCUT2D eigenvalue weighted by atomic mass is 10.4. The van der Waals surface area contributed by atoms with Crippen molar-refractivity contribution in [3.05, 3.63) is 32.7 Å². The molecule has 0 radical (unpaired) electrons. The number of carboxylic acid groups (broad SMARTS) is 1. The van der Waals surface area contributed by atoms with E-state index in [2.05, 4.69) is 31.6 Å². The Balaban J connectivity index is 1.92. The lowest BCUT2D eigenvalue weighted by molar-refractivity contribution is -0.137. The number of amides is 1. The first-order valence-corrected chi connectivity index (χ1v) is 6.85. The fraction of sp³-hybridized carbons (Fsp3) is 0.200. The SMILES string of the molecule is O=C(O)Cn1cc(C(=O)NCc2cc(Br)cs2)nn1. The zero-order chi connectivity index (χ0) is 13.8. The van der Waals surface area contributed by atoms with Crippen LogP contribution in [0.4, 0.5) is 0 Å². The van der Waals surface area contributed by atoms with E-state index in [0.717, 1.165) is 14.0 Å². The average Bonchev–Trinajstić information content (AvgIpc) is 2.95. The van der Waals surface area contributed by atoms with E-state index >= 15 is 0 Å². The molecule has 0 saturated carbocycles. The molecule has 0 atom stereocenters. The average molecular weight is 345 g/mol. The van der Waals surface area contributed by atoms with Crippen LogP contribution in [0.15, 0.2) is 22.1 Å². The topological polar surface area (TPSA) is 97.1 Å². The Labute approximate surface area is 120 Å². The van der Waals surface area contributed by atoms with Crippen LogP contribution in [-0.4, -0.2) is 32.0 Å². The molecular weight excluding hydrogens is 336 g/mol. The quantitative estimate of drug-likeness (QED) is 0.846. The summed E-state index contributed by atoms with van der Waals surface area (Å²) in [6.45, 7) is 0.0685. The number of carboxylic acids is 1. The van der Waals surface area contributed by atoms with E-state index in [0.29, 0.717) is 6.54 Å². The molecule has 19 heavy (non-hydrogen) atoms. The minimum Gasteiger partial charge on any atom is -0.480 e. The van der Waals surface area contributed by atoms with Crippen molar-refractivity contribution < 1.29 is 14.7 Å². The molecule has 0 aliphatic heterocycles. The first kappa shape index (κ1) is 13.7. The number of carbonyl (C=O) groups excluding carboxylic acids is 1. The third-order valence-corrected chi connectivity index (χ3v) is 3.81. The molecule has 0 aromatic carbocycles. The molecule has 0 bridgehead atoms. The largest absolute Gasteiger partial charge is 0.480 e. The summed E-state index contributed by atoms with van der Waals surface area (Å²) in [5.41, 5.74) is 0.0943. The molecule has 0 fully saturated rings. The van der Waals surface area contributed by atoms with Crippen LogP contribution in [0.2, 0.25) is 0 Å². The zero-order valence-electron chi connectivity index (χ0n) is 9.54. The van der Waals surface area contributed by atoms with Gasteiger partial charge in [0.05, 0.1) is 12.7 Å². The van der Waals surface area contributed by atoms with E-state index in [1.807, 2.05) is 11.4 Å². The molecule has 2 aromatic heterocycles. The van der Waals surface area contributed by atoms with E-state index in [-0.39, 0.29) is 18.1 Å². The second kappa shape index (κ2) is 5.93. The number of carbonyl (C=O) groups is 2. The second-order valence-electron chi connectivity index (χ2n) is 3.61. The van der Waals surface area contributed by atoms with Gasteiger partial charge >= 0.3 is 5.97 Å². The van der Waals surface area contributed by atoms with Crippen molar-refractivity contribution in [3.63, 3.8) is 0 Å². The lowest BCUT2D eigenvalue weighted by Gasteiger charge is -1.99. The Morgan fingerprint density at radius 2 is 2.32 bits per heavy atom. The van der Waals surface area contributed by atoms with Crippen molar-refractivity contribution in [3.8, 4) is 0 Å². The molecule has 2 heterocycles. The Morgan fingerprint density at radius 3 is 2.95 bits per heavy atom. The highest BCUT2D eigenvalue weighted by Gasteiger charge is 2.12. The number of nitrogens with zero attached hydrogens (tertiary/aromatic N) is 3. The summed E-state index contributed by atoms with van der Waals surface area (Å²) in [7, 11) is 0. The van der Waals surface area contributed by atoms with Gasteiger partial charge in [-0.2, -0.15) is 0 Å². The van der Waals surface area contributed by atoms with E-state index < -0.39 is 5.97 Å². The standard InChI is InChI=1S/C10H9BrN4O3S/c11-6-1-7(19-5-6)2-12-10(18)8-3-15(14-13-8)4-9(16)17/h1,3,5H,2,4H2,(H,12,18)(H,16,17). The molecule has 1 amide bonds. The van der Waals surface area contributed by atoms with Crippen LogP contribution >= 0.6 is 27.3 Å². The van der Waals surface area contributed by atoms with Gasteiger partial charge in [0, 0.05) is 14.7 Å². The molecule has 2 rings (SSSR count). The van der Waals surface area contributed by atoms with Crippen LogP contribution in [0.5, 0.6) is 0 Å². The normalized spacial score (nSPS) is 10.4. The van der Waals surface area contributed by atoms with Crippen LogP contribution in [0.1, 0.15) is 15.4 Å². The molecule has 0 spiro atoms. The summed E-state index contributed by atoms with van der Waals surface area (Å²) in [5, 5.41) is 20.4. The highest BCUT2D eigenvalue weighted by molar-refractivity contribution is 9.10. The fourth-order valence-corrected chi connectivity index (χ4v) is 2.71. The van der Waals surface area contributed by atoms with Crippen molar-refractivity contribution in [2.75, 3.05) is 0 Å². The van der Waals surface area contributed by atoms with Crippen molar-refractivity contribution in [2.45, 2.75) is 13.1 Å². The molecule has 0 aliphatic carbocycles. The van der Waals surface area contributed by atoms with E-state index in [4.69, 9.17) is 5.11 Å². The number of rotatable bonds is 5. The molecule has 9 heteroatoms. The molecular formula is C10H9BrN4O3S. The summed E-state index contributed by atoms with van der Waals surface area (Å²) in [6, 6.07) is 1.91. The van der Waals surface area contributed by atoms with Crippen molar-refractivity contribution in [2.24, 2.45) is 0 Å². The summed E-state index contributed by atoms with van der Waals surface area (Å²) in [5.74, 6) is -1.43. The van der Waals surface area contributed by atoms with Gasteiger partial charge < -0.3 is 10.4 Å². The maximum Gasteiger partial charge on any atom is 0.325 e. The summed E-state index contributed by atoms with van der Waals surface area (Å²) in [6.07, 6.45) is 1.30. The molecule has 2 N–H and O–H groups in total. The van der Waals surface area contributed by atoms with E-state index in [1.54, 1.807) is 0 Å². The third-order valence-electron chi connectivity index (χ3n) is 2.11. The summed E-state index contributed by atoms with van der Waals surface area (Å²) < 4.78 is 2.06. The molecule has 0 saturated heterocycles. The minimum absolute atomic E-state index is 0.0943. The Morgan fingerprint density at radius 1 is 1.53 bits per heavy atom. The second-order valence-corrected chi connectivity index (χ2v) is 5.52. The van der Waals surface area contributed by atoms with Crippen LogP contribution in [-0.2, 0) is 17.9 Å². The van der Waals surface area contributed by atoms with Gasteiger partial charge in [-0.25, -0.2) is 4.68 Å². The van der Waals surface area contributed by atoms with Crippen LogP contribution in [0.3, 0.4) is 0 Å². The van der Waals surface area contributed by atoms with Crippen molar-refractivity contribution >= 4 is 39.1 Å². The van der Waals surface area contributed by atoms with Gasteiger partial charge in [0.2, 0.25) is 0 Å². The molecule has 100 valence electrons. The smallest absolute Gasteiger partial charge is 0.325 e. The maximum absolute atomic E-state index is 11.7. The van der Waals surface area contributed by atoms with Gasteiger partial charge in [-0.05, 0) is 22.0 Å². The van der Waals surface area contributed by atoms with Crippen LogP contribution in [0.25, 0.3) is 0 Å². The van der Waals surface area contributed by atoms with E-state index in [9.17, 15) is 9.59 Å². The summed E-state index contributed by atoms with van der Waals surface area (Å²) in [4.78, 5) is 23.2. The third kappa shape index (κ3) is 3.86. The predicted molar refractivity (Wildman–Crippen MR) is 70.8 cm³/mol. The van der Waals surface area contributed by atoms with Gasteiger partial charge in [-0.15, -0.1) is 16.4 Å². The Bertz CT molecular complexity index is 609. The van der Waals surface area contributed by atoms with Gasteiger partial charge in [-0.1, -0.05) is 5.21 Å².